The van der Waals surface area contributed by atoms with Gasteiger partial charge in [-0.1, -0.05) is 48.0 Å². The number of aryl methyl sites for hydroxylation is 1. The molecule has 9 nitrogen and oxygen atoms in total. The molecular weight excluding hydrogens is 506 g/mol. The van der Waals surface area contributed by atoms with E-state index in [0.29, 0.717) is 22.2 Å². The molecule has 0 bridgehead atoms. The maximum atomic E-state index is 13.1. The van der Waals surface area contributed by atoms with Crippen molar-refractivity contribution in [2.75, 3.05) is 12.4 Å². The Morgan fingerprint density at radius 2 is 1.72 bits per heavy atom. The van der Waals surface area contributed by atoms with Crippen molar-refractivity contribution in [2.45, 2.75) is 11.8 Å². The van der Waals surface area contributed by atoms with Crippen LogP contribution in [-0.4, -0.2) is 31.1 Å². The van der Waals surface area contributed by atoms with Gasteiger partial charge in [0.2, 0.25) is 0 Å². The average Bonchev–Trinajstić information content (AvgIpc) is 2.83. The Kier molecular flexibility index (Phi) is 6.93. The number of amides is 1. The number of anilines is 1. The Labute approximate surface area is 211 Å². The number of aromatic hydroxyl groups is 1. The van der Waals surface area contributed by atoms with Crippen molar-refractivity contribution in [3.63, 3.8) is 0 Å². The lowest BCUT2D eigenvalue weighted by Crippen LogP contribution is -2.13. The molecule has 184 valence electrons. The first-order valence-corrected chi connectivity index (χ1v) is 12.3. The average molecular weight is 526 g/mol. The molecule has 0 atom stereocenters. The number of hydrogen-bond acceptors (Lipinski definition) is 7. The maximum Gasteiger partial charge on any atom is 0.294 e. The monoisotopic (exact) mass is 525 g/mol. The number of phenols is 1. The summed E-state index contributed by atoms with van der Waals surface area (Å²) in [4.78, 5) is 12.7. The molecule has 4 aromatic carbocycles. The number of rotatable bonds is 6. The predicted molar refractivity (Wildman–Crippen MR) is 137 cm³/mol. The van der Waals surface area contributed by atoms with E-state index >= 15 is 0 Å². The van der Waals surface area contributed by atoms with Crippen LogP contribution in [0.2, 0.25) is 5.02 Å². The van der Waals surface area contributed by atoms with Crippen molar-refractivity contribution in [3.05, 3.63) is 82.9 Å². The maximum absolute atomic E-state index is 13.1. The fourth-order valence-electron chi connectivity index (χ4n) is 3.63. The summed E-state index contributed by atoms with van der Waals surface area (Å²) >= 11 is 6.21. The molecule has 0 fully saturated rings. The van der Waals surface area contributed by atoms with Gasteiger partial charge in [-0.05, 0) is 48.2 Å². The molecule has 0 saturated heterocycles. The van der Waals surface area contributed by atoms with Gasteiger partial charge in [-0.25, -0.2) is 0 Å². The van der Waals surface area contributed by atoms with E-state index in [9.17, 15) is 22.9 Å². The molecule has 0 heterocycles. The number of nitrogens with zero attached hydrogens (tertiary/aromatic N) is 2. The fourth-order valence-corrected chi connectivity index (χ4v) is 4.61. The van der Waals surface area contributed by atoms with Crippen molar-refractivity contribution in [2.24, 2.45) is 10.2 Å². The Morgan fingerprint density at radius 3 is 2.44 bits per heavy atom. The highest BCUT2D eigenvalue weighted by molar-refractivity contribution is 7.85. The molecule has 11 heteroatoms. The van der Waals surface area contributed by atoms with Crippen molar-refractivity contribution < 1.29 is 27.6 Å². The zero-order chi connectivity index (χ0) is 26.0. The number of para-hydroxylation sites is 2. The van der Waals surface area contributed by atoms with E-state index in [1.165, 1.54) is 26.2 Å². The lowest BCUT2D eigenvalue weighted by atomic mass is 10.0. The summed E-state index contributed by atoms with van der Waals surface area (Å²) in [6.07, 6.45) is 0. The van der Waals surface area contributed by atoms with E-state index in [4.69, 9.17) is 16.3 Å². The van der Waals surface area contributed by atoms with Crippen LogP contribution in [-0.2, 0) is 10.1 Å². The number of fused-ring (bicyclic) bond motifs is 1. The van der Waals surface area contributed by atoms with E-state index in [-0.39, 0.29) is 32.4 Å². The van der Waals surface area contributed by atoms with Gasteiger partial charge in [-0.3, -0.25) is 9.35 Å². The Balaban J connectivity index is 1.82. The number of azo groups is 1. The van der Waals surface area contributed by atoms with Gasteiger partial charge >= 0.3 is 0 Å². The van der Waals surface area contributed by atoms with E-state index in [1.807, 2.05) is 0 Å². The van der Waals surface area contributed by atoms with Crippen molar-refractivity contribution in [1.82, 2.24) is 0 Å². The quantitative estimate of drug-likeness (QED) is 0.196. The van der Waals surface area contributed by atoms with Gasteiger partial charge in [0.15, 0.2) is 5.75 Å². The highest BCUT2D eigenvalue weighted by Gasteiger charge is 2.20. The van der Waals surface area contributed by atoms with Gasteiger partial charge in [-0.2, -0.15) is 8.42 Å². The molecule has 0 aliphatic rings. The zero-order valence-electron chi connectivity index (χ0n) is 19.1. The molecule has 0 unspecified atom stereocenters. The largest absolute Gasteiger partial charge is 0.505 e. The number of nitrogens with one attached hydrogen (secondary N) is 1. The molecular formula is C25H20ClN3O6S. The predicted octanol–water partition coefficient (Wildman–Crippen LogP) is 6.43. The number of phenolic OH excluding ortho intramolecular Hbond substituents is 1. The molecule has 0 aliphatic heterocycles. The van der Waals surface area contributed by atoms with Gasteiger partial charge in [0, 0.05) is 5.39 Å². The molecule has 3 N–H and O–H groups in total. The third kappa shape index (κ3) is 5.01. The number of halogens is 1. The molecule has 0 spiro atoms. The van der Waals surface area contributed by atoms with Crippen LogP contribution in [0.15, 0.2) is 81.9 Å². The Bertz CT molecular complexity index is 1640. The van der Waals surface area contributed by atoms with Crippen molar-refractivity contribution in [3.8, 4) is 11.5 Å². The van der Waals surface area contributed by atoms with Crippen molar-refractivity contribution in [1.29, 1.82) is 0 Å². The highest BCUT2D eigenvalue weighted by Crippen LogP contribution is 2.41. The fraction of sp³-hybridized carbons (Fsp3) is 0.0800. The molecule has 0 aliphatic carbocycles. The molecule has 36 heavy (non-hydrogen) atoms. The third-order valence-electron chi connectivity index (χ3n) is 5.38. The van der Waals surface area contributed by atoms with Gasteiger partial charge in [-0.15, -0.1) is 10.2 Å². The van der Waals surface area contributed by atoms with Gasteiger partial charge in [0.1, 0.15) is 17.1 Å². The van der Waals surface area contributed by atoms with Crippen LogP contribution in [0.3, 0.4) is 0 Å². The van der Waals surface area contributed by atoms with Crippen LogP contribution in [0.1, 0.15) is 15.9 Å². The van der Waals surface area contributed by atoms with E-state index in [1.54, 1.807) is 48.5 Å². The standard InChI is InChI=1S/C25H20ClN3O6S/c1-14-11-18(26)20(13-22(14)36(32,33)34)28-29-23-16-8-4-3-7-15(16)12-17(24(23)30)25(31)27-19-9-5-6-10-21(19)35-2/h3-13,30H,1-2H3,(H,27,31)(H,32,33,34). The lowest BCUT2D eigenvalue weighted by Gasteiger charge is -2.13. The summed E-state index contributed by atoms with van der Waals surface area (Å²) in [7, 11) is -3.05. The highest BCUT2D eigenvalue weighted by atomic mass is 35.5. The lowest BCUT2D eigenvalue weighted by molar-refractivity contribution is 0.102. The molecule has 1 amide bonds. The Hall–Kier alpha value is -3.99. The van der Waals surface area contributed by atoms with Crippen LogP contribution in [0.4, 0.5) is 17.1 Å². The van der Waals surface area contributed by atoms with Gasteiger partial charge in [0.05, 0.1) is 28.3 Å². The summed E-state index contributed by atoms with van der Waals surface area (Å²) in [5.74, 6) is -0.612. The first-order chi connectivity index (χ1) is 17.1. The van der Waals surface area contributed by atoms with Crippen LogP contribution >= 0.6 is 11.6 Å². The molecule has 4 rings (SSSR count). The SMILES string of the molecule is COc1ccccc1NC(=O)c1cc2ccccc2c(N=Nc2cc(S(=O)(=O)O)c(C)cc2Cl)c1O. The van der Waals surface area contributed by atoms with Crippen LogP contribution in [0.5, 0.6) is 11.5 Å². The summed E-state index contributed by atoms with van der Waals surface area (Å²) in [6.45, 7) is 1.47. The number of benzene rings is 4. The minimum Gasteiger partial charge on any atom is -0.505 e. The number of carbonyl (C=O) groups excluding carboxylic acids is 1. The van der Waals surface area contributed by atoms with Crippen molar-refractivity contribution >= 4 is 55.5 Å². The summed E-state index contributed by atoms with van der Waals surface area (Å²) in [5.41, 5.74) is 0.488. The van der Waals surface area contributed by atoms with E-state index in [2.05, 4.69) is 15.5 Å². The van der Waals surface area contributed by atoms with Gasteiger partial charge in [0.25, 0.3) is 16.0 Å². The smallest absolute Gasteiger partial charge is 0.294 e. The zero-order valence-corrected chi connectivity index (χ0v) is 20.6. The summed E-state index contributed by atoms with van der Waals surface area (Å²) < 4.78 is 38.1. The molecule has 0 radical (unpaired) electrons. The van der Waals surface area contributed by atoms with Crippen LogP contribution in [0, 0.1) is 6.92 Å². The minimum atomic E-state index is -4.52. The number of ether oxygens (including phenoxy) is 1. The second-order valence-electron chi connectivity index (χ2n) is 7.74. The molecule has 4 aromatic rings. The summed E-state index contributed by atoms with van der Waals surface area (Å²) in [6, 6.07) is 17.7. The topological polar surface area (TPSA) is 138 Å². The second kappa shape index (κ2) is 9.94. The first-order valence-electron chi connectivity index (χ1n) is 10.5. The number of hydrogen-bond donors (Lipinski definition) is 3. The number of carbonyl (C=O) groups is 1. The second-order valence-corrected chi connectivity index (χ2v) is 9.54. The van der Waals surface area contributed by atoms with Crippen LogP contribution < -0.4 is 10.1 Å². The van der Waals surface area contributed by atoms with E-state index in [0.717, 1.165) is 6.07 Å². The van der Waals surface area contributed by atoms with Gasteiger partial charge < -0.3 is 15.2 Å². The van der Waals surface area contributed by atoms with E-state index < -0.39 is 21.8 Å². The van der Waals surface area contributed by atoms with Crippen LogP contribution in [0.25, 0.3) is 10.8 Å². The molecule has 0 saturated carbocycles. The number of methoxy groups -OCH3 is 1. The first kappa shape index (κ1) is 25.1. The minimum absolute atomic E-state index is 0.0247. The summed E-state index contributed by atoms with van der Waals surface area (Å²) in [5, 5.41) is 23.0. The normalized spacial score (nSPS) is 11.7. The Morgan fingerprint density at radius 1 is 1.03 bits per heavy atom. The molecule has 0 aromatic heterocycles. The third-order valence-corrected chi connectivity index (χ3v) is 6.67.